The number of rotatable bonds is 6. The van der Waals surface area contributed by atoms with Gasteiger partial charge in [0.1, 0.15) is 5.82 Å². The molecule has 4 aromatic rings. The minimum Gasteiger partial charge on any atom is -0.391 e. The molecule has 2 amide bonds. The van der Waals surface area contributed by atoms with E-state index in [0.29, 0.717) is 63.6 Å². The maximum absolute atomic E-state index is 12.8. The topological polar surface area (TPSA) is 112 Å². The number of amides is 2. The fraction of sp³-hybridized carbons (Fsp3) is 0.310. The van der Waals surface area contributed by atoms with Crippen molar-refractivity contribution >= 4 is 29.0 Å². The van der Waals surface area contributed by atoms with Crippen LogP contribution in [-0.4, -0.2) is 86.6 Å². The number of nitrogens with zero attached hydrogens (tertiary/aromatic N) is 5. The second-order valence-electron chi connectivity index (χ2n) is 9.92. The van der Waals surface area contributed by atoms with Crippen LogP contribution in [0.1, 0.15) is 22.3 Å². The molecule has 1 aromatic carbocycles. The van der Waals surface area contributed by atoms with Crippen molar-refractivity contribution in [2.45, 2.75) is 18.9 Å². The number of aliphatic hydroxyl groups is 1. The summed E-state index contributed by atoms with van der Waals surface area (Å²) in [5, 5.41) is 13.1. The zero-order valence-corrected chi connectivity index (χ0v) is 21.5. The highest BCUT2D eigenvalue weighted by molar-refractivity contribution is 5.94. The maximum atomic E-state index is 12.8. The maximum Gasteiger partial charge on any atom is 0.255 e. The van der Waals surface area contributed by atoms with Crippen LogP contribution >= 0.6 is 0 Å². The third-order valence-corrected chi connectivity index (χ3v) is 7.19. The molecule has 0 bridgehead atoms. The Labute approximate surface area is 225 Å². The highest BCUT2D eigenvalue weighted by Gasteiger charge is 2.24. The van der Waals surface area contributed by atoms with Gasteiger partial charge >= 0.3 is 0 Å². The number of benzene rings is 1. The smallest absolute Gasteiger partial charge is 0.255 e. The first kappa shape index (κ1) is 25.0. The Hall–Kier alpha value is -4.28. The van der Waals surface area contributed by atoms with E-state index in [1.54, 1.807) is 34.3 Å². The van der Waals surface area contributed by atoms with Crippen molar-refractivity contribution in [2.75, 3.05) is 44.7 Å². The first-order chi connectivity index (χ1) is 19.0. The molecule has 39 heavy (non-hydrogen) atoms. The van der Waals surface area contributed by atoms with Crippen LogP contribution in [0.2, 0.25) is 0 Å². The van der Waals surface area contributed by atoms with Gasteiger partial charge in [0, 0.05) is 56.5 Å². The highest BCUT2D eigenvalue weighted by Crippen LogP contribution is 2.28. The number of pyridine rings is 2. The summed E-state index contributed by atoms with van der Waals surface area (Å²) in [7, 11) is 0. The second kappa shape index (κ2) is 10.8. The molecule has 2 aliphatic heterocycles. The Morgan fingerprint density at radius 2 is 1.90 bits per heavy atom. The summed E-state index contributed by atoms with van der Waals surface area (Å²) in [5.41, 5.74) is 4.89. The molecule has 2 aliphatic rings. The van der Waals surface area contributed by atoms with Gasteiger partial charge in [0.05, 0.1) is 37.0 Å². The molecule has 0 aliphatic carbocycles. The third kappa shape index (κ3) is 5.47. The fourth-order valence-electron chi connectivity index (χ4n) is 5.08. The van der Waals surface area contributed by atoms with Gasteiger partial charge in [0.25, 0.3) is 5.91 Å². The molecular formula is C29H30N6O4. The van der Waals surface area contributed by atoms with Crippen molar-refractivity contribution in [3.8, 4) is 11.1 Å². The van der Waals surface area contributed by atoms with Gasteiger partial charge in [0.15, 0.2) is 5.65 Å². The minimum absolute atomic E-state index is 0.0257. The summed E-state index contributed by atoms with van der Waals surface area (Å²) < 4.78 is 7.28. The number of carbonyl (C=O) groups excluding carboxylic acids is 2. The minimum atomic E-state index is -0.427. The van der Waals surface area contributed by atoms with Crippen LogP contribution in [-0.2, 0) is 16.0 Å². The van der Waals surface area contributed by atoms with Crippen LogP contribution in [0.4, 0.5) is 11.5 Å². The molecule has 6 rings (SSSR count). The lowest BCUT2D eigenvalue weighted by Crippen LogP contribution is -2.40. The molecule has 0 spiro atoms. The number of aliphatic hydroxyl groups excluding tert-OH is 1. The number of β-amino-alcohol motifs (C(OH)–C–C–N with tert-alkyl or cyclic N) is 1. The molecule has 0 radical (unpaired) electrons. The zero-order valence-electron chi connectivity index (χ0n) is 21.5. The molecule has 1 atom stereocenters. The molecule has 3 aromatic heterocycles. The van der Waals surface area contributed by atoms with E-state index in [-0.39, 0.29) is 11.8 Å². The number of nitrogens with one attached hydrogen (secondary N) is 1. The van der Waals surface area contributed by atoms with Crippen LogP contribution in [0, 0.1) is 0 Å². The number of hydrogen-bond donors (Lipinski definition) is 2. The van der Waals surface area contributed by atoms with Gasteiger partial charge in [-0.15, -0.1) is 0 Å². The van der Waals surface area contributed by atoms with E-state index in [1.165, 1.54) is 0 Å². The number of morpholine rings is 1. The highest BCUT2D eigenvalue weighted by atomic mass is 16.5. The fourth-order valence-corrected chi connectivity index (χ4v) is 5.08. The average Bonchev–Trinajstić information content (AvgIpc) is 3.63. The number of likely N-dealkylation sites (tertiary alicyclic amines) is 1. The van der Waals surface area contributed by atoms with Gasteiger partial charge < -0.3 is 29.4 Å². The summed E-state index contributed by atoms with van der Waals surface area (Å²) in [4.78, 5) is 38.0. The Balaban J connectivity index is 1.22. The lowest BCUT2D eigenvalue weighted by Gasteiger charge is -2.26. The first-order valence-electron chi connectivity index (χ1n) is 13.2. The number of hydrogen-bond acceptors (Lipinski definition) is 7. The Morgan fingerprint density at radius 1 is 1.03 bits per heavy atom. The monoisotopic (exact) mass is 526 g/mol. The second-order valence-corrected chi connectivity index (χ2v) is 9.92. The van der Waals surface area contributed by atoms with Crippen molar-refractivity contribution in [3.63, 3.8) is 0 Å². The molecule has 2 N–H and O–H groups in total. The van der Waals surface area contributed by atoms with Crippen LogP contribution in [0.15, 0.2) is 67.3 Å². The van der Waals surface area contributed by atoms with E-state index in [2.05, 4.69) is 15.3 Å². The molecule has 10 heteroatoms. The van der Waals surface area contributed by atoms with Crippen molar-refractivity contribution in [2.24, 2.45) is 0 Å². The molecule has 2 saturated heterocycles. The molecule has 10 nitrogen and oxygen atoms in total. The summed E-state index contributed by atoms with van der Waals surface area (Å²) >= 11 is 0. The van der Waals surface area contributed by atoms with Crippen molar-refractivity contribution in [1.29, 1.82) is 0 Å². The zero-order chi connectivity index (χ0) is 26.8. The number of fused-ring (bicyclic) bond motifs is 1. The van der Waals surface area contributed by atoms with Gasteiger partial charge in [-0.25, -0.2) is 9.97 Å². The van der Waals surface area contributed by atoms with E-state index in [9.17, 15) is 14.7 Å². The largest absolute Gasteiger partial charge is 0.391 e. The van der Waals surface area contributed by atoms with Gasteiger partial charge in [-0.05, 0) is 35.7 Å². The number of anilines is 2. The van der Waals surface area contributed by atoms with Gasteiger partial charge in [-0.3, -0.25) is 9.59 Å². The van der Waals surface area contributed by atoms with Crippen LogP contribution in [0.3, 0.4) is 0 Å². The van der Waals surface area contributed by atoms with E-state index >= 15 is 0 Å². The summed E-state index contributed by atoms with van der Waals surface area (Å²) in [6, 6.07) is 13.5. The molecule has 5 heterocycles. The molecule has 2 fully saturated rings. The van der Waals surface area contributed by atoms with E-state index in [4.69, 9.17) is 4.74 Å². The van der Waals surface area contributed by atoms with Crippen LogP contribution in [0.5, 0.6) is 0 Å². The molecule has 1 unspecified atom stereocenters. The number of carbonyl (C=O) groups is 2. The van der Waals surface area contributed by atoms with E-state index in [0.717, 1.165) is 28.0 Å². The summed E-state index contributed by atoms with van der Waals surface area (Å²) in [6.45, 7) is 3.28. The van der Waals surface area contributed by atoms with Gasteiger partial charge in [-0.1, -0.05) is 24.3 Å². The Bertz CT molecular complexity index is 1500. The lowest BCUT2D eigenvalue weighted by molar-refractivity contribution is -0.129. The first-order valence-corrected chi connectivity index (χ1v) is 13.2. The molecular weight excluding hydrogens is 496 g/mol. The third-order valence-electron chi connectivity index (χ3n) is 7.19. The van der Waals surface area contributed by atoms with Gasteiger partial charge in [-0.2, -0.15) is 0 Å². The summed E-state index contributed by atoms with van der Waals surface area (Å²) in [6.07, 6.45) is 7.71. The Morgan fingerprint density at radius 3 is 2.67 bits per heavy atom. The normalized spacial score (nSPS) is 17.5. The molecule has 0 saturated carbocycles. The Kier molecular flexibility index (Phi) is 6.95. The van der Waals surface area contributed by atoms with Crippen molar-refractivity contribution in [3.05, 3.63) is 78.4 Å². The number of imidazole rings is 1. The van der Waals surface area contributed by atoms with E-state index < -0.39 is 6.10 Å². The lowest BCUT2D eigenvalue weighted by atomic mass is 10.0. The van der Waals surface area contributed by atoms with Crippen molar-refractivity contribution < 1.29 is 19.4 Å². The van der Waals surface area contributed by atoms with Gasteiger partial charge in [0.2, 0.25) is 5.91 Å². The van der Waals surface area contributed by atoms with Crippen LogP contribution in [0.25, 0.3) is 16.8 Å². The summed E-state index contributed by atoms with van der Waals surface area (Å²) in [5.74, 6) is 0.578. The number of ether oxygens (including phenoxy) is 1. The van der Waals surface area contributed by atoms with Crippen LogP contribution < -0.4 is 5.32 Å². The number of aromatic nitrogens is 3. The van der Waals surface area contributed by atoms with Crippen molar-refractivity contribution in [1.82, 2.24) is 24.2 Å². The SMILES string of the molecule is O=C(Cc1cccc(-c2cc(Nc3ccc(C(=O)N4CCOCC4)cn3)c3nccn3c2)c1)N1CCC(O)C1. The predicted molar refractivity (Wildman–Crippen MR) is 146 cm³/mol. The standard InChI is InChI=1S/C29H30N6O4/c36-24-6-8-34(19-24)27(37)15-20-2-1-3-21(14-20)23-16-25(28-30-7-9-35(28)18-23)32-26-5-4-22(17-31-26)29(38)33-10-12-39-13-11-33/h1-5,7,9,14,16-18,24,36H,6,8,10-13,15,19H2,(H,31,32). The average molecular weight is 527 g/mol. The predicted octanol–water partition coefficient (Wildman–Crippen LogP) is 2.75. The molecule has 200 valence electrons. The quantitative estimate of drug-likeness (QED) is 0.397. The van der Waals surface area contributed by atoms with E-state index in [1.807, 2.05) is 47.1 Å².